The first-order valence-electron chi connectivity index (χ1n) is 5.57. The topological polar surface area (TPSA) is 69.6 Å². The fourth-order valence-corrected chi connectivity index (χ4v) is 0.953. The molecule has 0 saturated carbocycles. The third-order valence-electron chi connectivity index (χ3n) is 2.17. The van der Waals surface area contributed by atoms with Gasteiger partial charge in [-0.05, 0) is 26.8 Å². The van der Waals surface area contributed by atoms with Gasteiger partial charge in [-0.2, -0.15) is 0 Å². The molecule has 0 aliphatic carbocycles. The number of rotatable bonds is 6. The lowest BCUT2D eigenvalue weighted by Crippen LogP contribution is -2.19. The molecule has 2 atom stereocenters. The van der Waals surface area contributed by atoms with E-state index in [1.54, 1.807) is 14.0 Å². The minimum atomic E-state index is -0.643. The Kier molecular flexibility index (Phi) is 12.8. The van der Waals surface area contributed by atoms with Crippen molar-refractivity contribution in [1.29, 1.82) is 0 Å². The first-order valence-corrected chi connectivity index (χ1v) is 5.57. The highest BCUT2D eigenvalue weighted by molar-refractivity contribution is 5.69. The second kappa shape index (κ2) is 11.5. The van der Waals surface area contributed by atoms with Crippen molar-refractivity contribution in [2.75, 3.05) is 7.05 Å². The number of unbranched alkanes of at least 4 members (excludes halogenated alkanes) is 1. The summed E-state index contributed by atoms with van der Waals surface area (Å²) in [5, 5.41) is 19.4. The third-order valence-corrected chi connectivity index (χ3v) is 2.17. The lowest BCUT2D eigenvalue weighted by Gasteiger charge is -2.06. The second-order valence-corrected chi connectivity index (χ2v) is 3.55. The molecule has 4 heteroatoms. The van der Waals surface area contributed by atoms with Gasteiger partial charge in [-0.3, -0.25) is 10.1 Å². The van der Waals surface area contributed by atoms with Gasteiger partial charge in [0.05, 0.1) is 5.92 Å². The summed E-state index contributed by atoms with van der Waals surface area (Å²) < 4.78 is 0. The highest BCUT2D eigenvalue weighted by atomic mass is 16.4. The Balaban J connectivity index is 0. The summed E-state index contributed by atoms with van der Waals surface area (Å²) in [5.74, 6) is -0.754. The Morgan fingerprint density at radius 1 is 1.40 bits per heavy atom. The number of aliphatic carboxylic acids is 1. The molecule has 0 radical (unpaired) electrons. The summed E-state index contributed by atoms with van der Waals surface area (Å²) in [5.41, 5.74) is 0. The van der Waals surface area contributed by atoms with Crippen LogP contribution in [0.15, 0.2) is 0 Å². The molecule has 15 heavy (non-hydrogen) atoms. The maximum Gasteiger partial charge on any atom is 0.306 e. The zero-order valence-corrected chi connectivity index (χ0v) is 10.3. The Bertz CT molecular complexity index is 149. The standard InChI is InChI=1S/C8H16O2.C3H9NO/c1-3-5-6-7(4-2)8(9)10;1-3(5)4-2/h7H,3-6H2,1-2H3,(H,9,10);3-5H,1-2H3. The van der Waals surface area contributed by atoms with E-state index >= 15 is 0 Å². The van der Waals surface area contributed by atoms with Crippen molar-refractivity contribution in [3.8, 4) is 0 Å². The van der Waals surface area contributed by atoms with Crippen LogP contribution in [0.5, 0.6) is 0 Å². The summed E-state index contributed by atoms with van der Waals surface area (Å²) in [6.07, 6.45) is 3.35. The van der Waals surface area contributed by atoms with Crippen molar-refractivity contribution < 1.29 is 15.0 Å². The summed E-state index contributed by atoms with van der Waals surface area (Å²) >= 11 is 0. The number of carboxylic acids is 1. The van der Waals surface area contributed by atoms with Crippen LogP contribution in [0.4, 0.5) is 0 Å². The monoisotopic (exact) mass is 219 g/mol. The van der Waals surface area contributed by atoms with E-state index in [1.807, 2.05) is 6.92 Å². The molecule has 0 rings (SSSR count). The molecular formula is C11H25NO3. The predicted molar refractivity (Wildman–Crippen MR) is 61.7 cm³/mol. The van der Waals surface area contributed by atoms with Crippen molar-refractivity contribution in [2.24, 2.45) is 5.92 Å². The van der Waals surface area contributed by atoms with E-state index in [0.29, 0.717) is 0 Å². The number of carbonyl (C=O) groups is 1. The molecule has 2 unspecified atom stereocenters. The van der Waals surface area contributed by atoms with E-state index in [9.17, 15) is 4.79 Å². The summed E-state index contributed by atoms with van der Waals surface area (Å²) in [4.78, 5) is 10.4. The van der Waals surface area contributed by atoms with Gasteiger partial charge in [0.25, 0.3) is 0 Å². The lowest BCUT2D eigenvalue weighted by molar-refractivity contribution is -0.142. The van der Waals surface area contributed by atoms with Gasteiger partial charge in [0.15, 0.2) is 0 Å². The summed E-state index contributed by atoms with van der Waals surface area (Å²) in [7, 11) is 1.70. The largest absolute Gasteiger partial charge is 0.481 e. The zero-order valence-electron chi connectivity index (χ0n) is 10.3. The summed E-state index contributed by atoms with van der Waals surface area (Å²) in [6.45, 7) is 5.67. The van der Waals surface area contributed by atoms with Crippen molar-refractivity contribution >= 4 is 5.97 Å². The minimum absolute atomic E-state index is 0.111. The van der Waals surface area contributed by atoms with E-state index < -0.39 is 5.97 Å². The fourth-order valence-electron chi connectivity index (χ4n) is 0.953. The molecule has 0 saturated heterocycles. The molecule has 3 N–H and O–H groups in total. The molecule has 0 bridgehead atoms. The van der Waals surface area contributed by atoms with E-state index in [4.69, 9.17) is 10.2 Å². The fraction of sp³-hybridized carbons (Fsp3) is 0.909. The molecule has 0 amide bonds. The van der Waals surface area contributed by atoms with Gasteiger partial charge in [-0.15, -0.1) is 0 Å². The van der Waals surface area contributed by atoms with Gasteiger partial charge in [-0.25, -0.2) is 0 Å². The van der Waals surface area contributed by atoms with Crippen LogP contribution in [-0.2, 0) is 4.79 Å². The van der Waals surface area contributed by atoms with Crippen molar-refractivity contribution in [3.05, 3.63) is 0 Å². The molecule has 0 aromatic carbocycles. The first kappa shape index (κ1) is 16.8. The average molecular weight is 219 g/mol. The molecular weight excluding hydrogens is 194 g/mol. The third kappa shape index (κ3) is 13.4. The van der Waals surface area contributed by atoms with Crippen LogP contribution >= 0.6 is 0 Å². The number of carboxylic acid groups (broad SMARTS) is 1. The number of hydrogen-bond donors (Lipinski definition) is 3. The Morgan fingerprint density at radius 2 is 1.87 bits per heavy atom. The van der Waals surface area contributed by atoms with Crippen LogP contribution in [-0.4, -0.2) is 29.5 Å². The molecule has 0 heterocycles. The maximum absolute atomic E-state index is 10.4. The van der Waals surface area contributed by atoms with Gasteiger partial charge in [0.2, 0.25) is 0 Å². The first-order chi connectivity index (χ1) is 6.99. The van der Waals surface area contributed by atoms with Gasteiger partial charge < -0.3 is 10.2 Å². The normalized spacial score (nSPS) is 13.7. The molecule has 0 aliphatic heterocycles. The van der Waals surface area contributed by atoms with Gasteiger partial charge in [0.1, 0.15) is 6.23 Å². The van der Waals surface area contributed by atoms with E-state index in [-0.39, 0.29) is 12.1 Å². The van der Waals surface area contributed by atoms with Crippen molar-refractivity contribution in [3.63, 3.8) is 0 Å². The lowest BCUT2D eigenvalue weighted by atomic mass is 10.00. The van der Waals surface area contributed by atoms with Gasteiger partial charge in [-0.1, -0.05) is 26.7 Å². The molecule has 0 aromatic heterocycles. The quantitative estimate of drug-likeness (QED) is 0.596. The van der Waals surface area contributed by atoms with E-state index in [1.165, 1.54) is 0 Å². The number of aliphatic hydroxyl groups excluding tert-OH is 1. The van der Waals surface area contributed by atoms with Crippen LogP contribution in [0.25, 0.3) is 0 Å². The second-order valence-electron chi connectivity index (χ2n) is 3.55. The Morgan fingerprint density at radius 3 is 2.07 bits per heavy atom. The van der Waals surface area contributed by atoms with Gasteiger partial charge >= 0.3 is 5.97 Å². The average Bonchev–Trinajstić information content (AvgIpc) is 2.19. The van der Waals surface area contributed by atoms with Crippen LogP contribution in [0, 0.1) is 5.92 Å². The Labute approximate surface area is 92.7 Å². The van der Waals surface area contributed by atoms with Crippen molar-refractivity contribution in [1.82, 2.24) is 5.32 Å². The molecule has 0 aromatic rings. The SMILES string of the molecule is CCCCC(CC)C(=O)O.CNC(C)O. The van der Waals surface area contributed by atoms with E-state index in [0.717, 1.165) is 25.7 Å². The minimum Gasteiger partial charge on any atom is -0.481 e. The smallest absolute Gasteiger partial charge is 0.306 e. The Hall–Kier alpha value is -0.610. The maximum atomic E-state index is 10.4. The van der Waals surface area contributed by atoms with E-state index in [2.05, 4.69) is 12.2 Å². The predicted octanol–water partition coefficient (Wildman–Crippen LogP) is 1.83. The summed E-state index contributed by atoms with van der Waals surface area (Å²) in [6, 6.07) is 0. The molecule has 0 fully saturated rings. The van der Waals surface area contributed by atoms with Gasteiger partial charge in [0, 0.05) is 0 Å². The highest BCUT2D eigenvalue weighted by Gasteiger charge is 2.12. The number of nitrogens with one attached hydrogen (secondary N) is 1. The molecule has 4 nitrogen and oxygen atoms in total. The van der Waals surface area contributed by atoms with Crippen molar-refractivity contribution in [2.45, 2.75) is 52.7 Å². The zero-order chi connectivity index (χ0) is 12.3. The molecule has 0 spiro atoms. The van der Waals surface area contributed by atoms with Crippen LogP contribution in [0.2, 0.25) is 0 Å². The van der Waals surface area contributed by atoms with Crippen LogP contribution < -0.4 is 5.32 Å². The van der Waals surface area contributed by atoms with Crippen LogP contribution in [0.3, 0.4) is 0 Å². The number of hydrogen-bond acceptors (Lipinski definition) is 3. The molecule has 0 aliphatic rings. The van der Waals surface area contributed by atoms with Crippen LogP contribution in [0.1, 0.15) is 46.5 Å². The number of aliphatic hydroxyl groups is 1. The molecule has 92 valence electrons. The highest BCUT2D eigenvalue weighted by Crippen LogP contribution is 2.11.